The van der Waals surface area contributed by atoms with E-state index in [1.54, 1.807) is 7.11 Å². The second-order valence-corrected chi connectivity index (χ2v) is 18.7. The predicted molar refractivity (Wildman–Crippen MR) is 195 cm³/mol. The summed E-state index contributed by atoms with van der Waals surface area (Å²) in [7, 11) is 1.66. The van der Waals surface area contributed by atoms with Crippen LogP contribution >= 0.6 is 0 Å². The van der Waals surface area contributed by atoms with E-state index in [0.717, 1.165) is 69.8 Å². The van der Waals surface area contributed by atoms with Crippen LogP contribution in [0, 0.1) is 33.8 Å². The van der Waals surface area contributed by atoms with Crippen molar-refractivity contribution < 1.29 is 47.6 Å². The fourth-order valence-electron chi connectivity index (χ4n) is 12.3. The van der Waals surface area contributed by atoms with Crippen molar-refractivity contribution in [3.63, 3.8) is 0 Å². The van der Waals surface area contributed by atoms with Gasteiger partial charge in [0.25, 0.3) is 0 Å². The smallest absolute Gasteiger partial charge is 0.206 e. The average molecular weight is 756 g/mol. The summed E-state index contributed by atoms with van der Waals surface area (Å²) in [4.78, 5) is 25.3. The Morgan fingerprint density at radius 2 is 1.59 bits per heavy atom. The molecule has 54 heavy (non-hydrogen) atoms. The van der Waals surface area contributed by atoms with E-state index in [9.17, 15) is 14.9 Å². The summed E-state index contributed by atoms with van der Waals surface area (Å²) in [5.41, 5.74) is 1.93. The first kappa shape index (κ1) is 37.8. The van der Waals surface area contributed by atoms with E-state index in [4.69, 9.17) is 37.9 Å². The Labute approximate surface area is 319 Å². The van der Waals surface area contributed by atoms with E-state index in [2.05, 4.69) is 20.1 Å². The quantitative estimate of drug-likeness (QED) is 0.195. The largest absolute Gasteiger partial charge is 0.378 e. The standard InChI is InChI=1S/C42H61NO11/c1-21(20-43(45)46)12-35-37(47-5)29-16-25(44)15-27-7-9-32-38(50-27)30-18-42(19-36-40(54-42)41(52-32)39(30)53-36)11-10-28-14-23(3)31(48-28)8-6-26-13-22(2)24(4)33(49-26)17-34(29)51-35/h21-22,26-41H,3-4,6-20H2,1-2,5H3/t21?,22-,26+,27-,28+,29+,30+,31+,32+,33-,34+,35-,36-,37-,38-,39+,40+,41-,42+/m1/s1. The van der Waals surface area contributed by atoms with Crippen LogP contribution in [0.4, 0.5) is 0 Å². The molecule has 10 aliphatic heterocycles. The molecule has 0 amide bonds. The van der Waals surface area contributed by atoms with Crippen LogP contribution in [0.25, 0.3) is 0 Å². The predicted octanol–water partition coefficient (Wildman–Crippen LogP) is 5.69. The molecule has 0 aromatic rings. The van der Waals surface area contributed by atoms with E-state index < -0.39 is 0 Å². The van der Waals surface area contributed by atoms with Gasteiger partial charge in [-0.15, -0.1) is 0 Å². The van der Waals surface area contributed by atoms with Gasteiger partial charge in [-0.1, -0.05) is 27.0 Å². The number of nitro groups is 1. The molecule has 12 nitrogen and oxygen atoms in total. The number of Topliss-reactive ketones (excluding diaryl/α,β-unsaturated/α-hetero) is 1. The van der Waals surface area contributed by atoms with Crippen LogP contribution in [-0.2, 0) is 42.7 Å². The van der Waals surface area contributed by atoms with Crippen molar-refractivity contribution >= 4 is 5.78 Å². The molecular formula is C42H61NO11. The zero-order valence-electron chi connectivity index (χ0n) is 32.4. The second kappa shape index (κ2) is 14.9. The molecule has 10 saturated heterocycles. The highest BCUT2D eigenvalue weighted by Crippen LogP contribution is 2.57. The van der Waals surface area contributed by atoms with Crippen molar-refractivity contribution in [1.29, 1.82) is 0 Å². The number of fused-ring (bicyclic) bond motifs is 6. The Morgan fingerprint density at radius 1 is 0.815 bits per heavy atom. The second-order valence-electron chi connectivity index (χ2n) is 18.7. The van der Waals surface area contributed by atoms with Crippen molar-refractivity contribution in [3.8, 4) is 0 Å². The third-order valence-corrected chi connectivity index (χ3v) is 14.9. The fraction of sp³-hybridized carbons (Fsp3) is 0.881. The van der Waals surface area contributed by atoms with Crippen LogP contribution < -0.4 is 0 Å². The van der Waals surface area contributed by atoms with E-state index in [1.807, 2.05) is 6.92 Å². The number of hydrogen-bond acceptors (Lipinski definition) is 11. The summed E-state index contributed by atoms with van der Waals surface area (Å²) in [6.45, 7) is 12.9. The zero-order chi connectivity index (χ0) is 37.5. The normalized spacial score (nSPS) is 50.8. The van der Waals surface area contributed by atoms with E-state index in [-0.39, 0.29) is 138 Å². The lowest BCUT2D eigenvalue weighted by Crippen LogP contribution is -2.58. The first-order valence-corrected chi connectivity index (χ1v) is 21.1. The molecule has 10 aliphatic rings. The van der Waals surface area contributed by atoms with Crippen LogP contribution in [0.15, 0.2) is 24.3 Å². The van der Waals surface area contributed by atoms with Gasteiger partial charge in [0.05, 0.1) is 78.8 Å². The number of hydrogen-bond donors (Lipinski definition) is 0. The Kier molecular flexibility index (Phi) is 10.4. The molecule has 1 spiro atoms. The minimum Gasteiger partial charge on any atom is -0.378 e. The van der Waals surface area contributed by atoms with Crippen molar-refractivity contribution in [2.75, 3.05) is 13.7 Å². The van der Waals surface area contributed by atoms with Crippen molar-refractivity contribution in [2.45, 2.75) is 195 Å². The summed E-state index contributed by atoms with van der Waals surface area (Å²) in [5, 5.41) is 11.4. The molecule has 0 N–H and O–H groups in total. The minimum atomic E-state index is -0.372. The van der Waals surface area contributed by atoms with Crippen molar-refractivity contribution in [3.05, 3.63) is 34.4 Å². The lowest BCUT2D eigenvalue weighted by atomic mass is 9.73. The van der Waals surface area contributed by atoms with Crippen LogP contribution in [0.2, 0.25) is 0 Å². The molecule has 0 saturated carbocycles. The molecule has 12 heteroatoms. The van der Waals surface area contributed by atoms with Gasteiger partial charge in [-0.2, -0.15) is 0 Å². The minimum absolute atomic E-state index is 0.00856. The van der Waals surface area contributed by atoms with Gasteiger partial charge in [0, 0.05) is 55.5 Å². The van der Waals surface area contributed by atoms with Gasteiger partial charge >= 0.3 is 0 Å². The number of ketones is 1. The summed E-state index contributed by atoms with van der Waals surface area (Å²) < 4.78 is 53.8. The van der Waals surface area contributed by atoms with Gasteiger partial charge in [0.1, 0.15) is 18.0 Å². The maximum atomic E-state index is 14.2. The lowest BCUT2D eigenvalue weighted by Gasteiger charge is -2.48. The molecule has 0 aromatic carbocycles. The van der Waals surface area contributed by atoms with Crippen LogP contribution in [0.3, 0.4) is 0 Å². The van der Waals surface area contributed by atoms with Crippen molar-refractivity contribution in [1.82, 2.24) is 0 Å². The Bertz CT molecular complexity index is 1470. The number of carbonyl (C=O) groups is 1. The highest BCUT2D eigenvalue weighted by Gasteiger charge is 2.67. The maximum Gasteiger partial charge on any atom is 0.206 e. The molecule has 300 valence electrons. The third kappa shape index (κ3) is 7.07. The Balaban J connectivity index is 0.989. The zero-order valence-corrected chi connectivity index (χ0v) is 32.4. The van der Waals surface area contributed by atoms with E-state index >= 15 is 0 Å². The molecule has 10 heterocycles. The Morgan fingerprint density at radius 3 is 2.41 bits per heavy atom. The molecule has 0 aromatic heterocycles. The molecular weight excluding hydrogens is 694 g/mol. The summed E-state index contributed by atoms with van der Waals surface area (Å²) in [6.07, 6.45) is 8.69. The fourth-order valence-corrected chi connectivity index (χ4v) is 12.3. The summed E-state index contributed by atoms with van der Waals surface area (Å²) >= 11 is 0. The van der Waals surface area contributed by atoms with Gasteiger partial charge in [-0.3, -0.25) is 14.9 Å². The van der Waals surface area contributed by atoms with Gasteiger partial charge in [-0.05, 0) is 81.3 Å². The molecule has 19 atom stereocenters. The van der Waals surface area contributed by atoms with Gasteiger partial charge in [0.15, 0.2) is 0 Å². The highest BCUT2D eigenvalue weighted by atomic mass is 16.7. The van der Waals surface area contributed by atoms with Crippen LogP contribution in [0.5, 0.6) is 0 Å². The van der Waals surface area contributed by atoms with Crippen LogP contribution in [-0.4, -0.2) is 115 Å². The van der Waals surface area contributed by atoms with Crippen LogP contribution in [0.1, 0.15) is 104 Å². The number of rotatable bonds is 5. The molecule has 12 bridgehead atoms. The SMILES string of the molecule is C=C1C[C@@H]2CC[C@@]34C[C@H]5[C@H]6O[C@H](CC[C@@H]6O[C@H]6[C@@H](O3)[C@@H](C4)O[C@@H]56)CC(=O)C[C@@H]3[C@@H](OC)[C@@H](CC(C)C[N+](=O)[O-])O[C@H]3C[C@H]3O[C@@H](CC[C@@H]1O2)C[C@@H](C)C3=C. The number of ether oxygens (including phenoxy) is 8. The highest BCUT2D eigenvalue weighted by molar-refractivity contribution is 5.79. The molecule has 1 unspecified atom stereocenters. The molecule has 10 rings (SSSR count). The monoisotopic (exact) mass is 755 g/mol. The van der Waals surface area contributed by atoms with Gasteiger partial charge in [0.2, 0.25) is 6.54 Å². The average Bonchev–Trinajstić information content (AvgIpc) is 3.79. The third-order valence-electron chi connectivity index (χ3n) is 14.9. The number of carbonyl (C=O) groups excluding carboxylic acids is 1. The topological polar surface area (TPSA) is 134 Å². The lowest BCUT2D eigenvalue weighted by molar-refractivity contribution is -0.488. The van der Waals surface area contributed by atoms with Gasteiger partial charge in [-0.25, -0.2) is 0 Å². The van der Waals surface area contributed by atoms with Gasteiger partial charge < -0.3 is 37.9 Å². The molecule has 0 aliphatic carbocycles. The summed E-state index contributed by atoms with van der Waals surface area (Å²) in [6, 6.07) is 0. The summed E-state index contributed by atoms with van der Waals surface area (Å²) in [5.74, 6) is 0.120. The van der Waals surface area contributed by atoms with E-state index in [0.29, 0.717) is 19.3 Å². The molecule has 10 fully saturated rings. The number of nitrogens with zero attached hydrogens (tertiary/aromatic N) is 1. The van der Waals surface area contributed by atoms with Crippen molar-refractivity contribution in [2.24, 2.45) is 23.7 Å². The first-order chi connectivity index (χ1) is 26.0. The maximum absolute atomic E-state index is 14.2. The Hall–Kier alpha value is -1.77. The number of methoxy groups -OCH3 is 1. The molecule has 0 radical (unpaired) electrons. The van der Waals surface area contributed by atoms with E-state index in [1.165, 1.54) is 5.57 Å². The first-order valence-electron chi connectivity index (χ1n) is 21.1.